The molecule has 0 radical (unpaired) electrons. The van der Waals surface area contributed by atoms with Crippen LogP contribution in [-0.2, 0) is 11.4 Å². The summed E-state index contributed by atoms with van der Waals surface area (Å²) in [6.07, 6.45) is 3.88. The first-order valence-electron chi connectivity index (χ1n) is 8.93. The molecule has 2 aromatic carbocycles. The van der Waals surface area contributed by atoms with Crippen LogP contribution < -0.4 is 0 Å². The van der Waals surface area contributed by atoms with E-state index in [9.17, 15) is 0 Å². The Morgan fingerprint density at radius 2 is 1.62 bits per heavy atom. The van der Waals surface area contributed by atoms with E-state index in [1.165, 1.54) is 37.9 Å². The zero-order valence-corrected chi connectivity index (χ0v) is 14.0. The maximum absolute atomic E-state index is 5.76. The monoisotopic (exact) mass is 320 g/mol. The molecule has 0 amide bonds. The molecule has 5 rings (SSSR count). The van der Waals surface area contributed by atoms with E-state index in [0.717, 1.165) is 17.2 Å². The predicted octanol–water partition coefficient (Wildman–Crippen LogP) is 4.09. The second kappa shape index (κ2) is 7.18. The number of rotatable bonds is 5. The number of piperidine rings is 3. The van der Waals surface area contributed by atoms with Gasteiger partial charge in [-0.25, -0.2) is 0 Å². The Bertz CT molecular complexity index is 675. The average Bonchev–Trinajstić information content (AvgIpc) is 2.68. The van der Waals surface area contributed by atoms with E-state index in [-0.39, 0.29) is 0 Å². The van der Waals surface area contributed by atoms with Gasteiger partial charge in [0.05, 0.1) is 6.04 Å². The minimum Gasteiger partial charge on any atom is -0.391 e. The molecule has 3 nitrogen and oxygen atoms in total. The van der Waals surface area contributed by atoms with Crippen LogP contribution in [0.1, 0.15) is 30.4 Å². The normalized spacial score (nSPS) is 26.3. The molecule has 0 N–H and O–H groups in total. The van der Waals surface area contributed by atoms with Crippen LogP contribution in [0.5, 0.6) is 0 Å². The van der Waals surface area contributed by atoms with Gasteiger partial charge in [0.2, 0.25) is 0 Å². The molecule has 3 heterocycles. The first kappa shape index (κ1) is 15.4. The SMILES string of the molecule is c1ccc(CON=C(c2ccccc2)C2CC3CCN2CC3)cc1. The van der Waals surface area contributed by atoms with Gasteiger partial charge in [-0.05, 0) is 43.8 Å². The van der Waals surface area contributed by atoms with E-state index in [2.05, 4.69) is 52.5 Å². The fourth-order valence-corrected chi connectivity index (χ4v) is 3.92. The molecule has 3 saturated heterocycles. The second-order valence-electron chi connectivity index (χ2n) is 6.83. The van der Waals surface area contributed by atoms with Gasteiger partial charge in [-0.2, -0.15) is 0 Å². The third-order valence-electron chi connectivity index (χ3n) is 5.27. The van der Waals surface area contributed by atoms with Crippen LogP contribution in [0.4, 0.5) is 0 Å². The fraction of sp³-hybridized carbons (Fsp3) is 0.381. The van der Waals surface area contributed by atoms with Crippen molar-refractivity contribution < 1.29 is 4.84 Å². The van der Waals surface area contributed by atoms with Gasteiger partial charge in [0.1, 0.15) is 12.3 Å². The van der Waals surface area contributed by atoms with Gasteiger partial charge < -0.3 is 4.84 Å². The third kappa shape index (κ3) is 3.36. The molecule has 0 spiro atoms. The van der Waals surface area contributed by atoms with Crippen LogP contribution in [0.25, 0.3) is 0 Å². The molecular formula is C21H24N2O. The average molecular weight is 320 g/mol. The number of hydrogen-bond donors (Lipinski definition) is 0. The summed E-state index contributed by atoms with van der Waals surface area (Å²) in [7, 11) is 0. The van der Waals surface area contributed by atoms with E-state index in [1.807, 2.05) is 18.2 Å². The molecule has 0 aliphatic carbocycles. The van der Waals surface area contributed by atoms with Crippen LogP contribution >= 0.6 is 0 Å². The van der Waals surface area contributed by atoms with Crippen LogP contribution in [0.2, 0.25) is 0 Å². The lowest BCUT2D eigenvalue weighted by atomic mass is 9.80. The third-order valence-corrected chi connectivity index (χ3v) is 5.27. The minimum atomic E-state index is 0.399. The van der Waals surface area contributed by atoms with Crippen molar-refractivity contribution in [2.24, 2.45) is 11.1 Å². The minimum absolute atomic E-state index is 0.399. The zero-order valence-electron chi connectivity index (χ0n) is 14.0. The highest BCUT2D eigenvalue weighted by atomic mass is 16.6. The van der Waals surface area contributed by atoms with Crippen molar-refractivity contribution in [1.29, 1.82) is 0 Å². The van der Waals surface area contributed by atoms with Crippen molar-refractivity contribution >= 4 is 5.71 Å². The Morgan fingerprint density at radius 1 is 0.958 bits per heavy atom. The molecule has 3 heteroatoms. The van der Waals surface area contributed by atoms with E-state index in [1.54, 1.807) is 0 Å². The molecule has 2 bridgehead atoms. The molecule has 0 aromatic heterocycles. The highest BCUT2D eigenvalue weighted by Gasteiger charge is 2.37. The number of hydrogen-bond acceptors (Lipinski definition) is 3. The van der Waals surface area contributed by atoms with Gasteiger partial charge in [0, 0.05) is 5.56 Å². The number of benzene rings is 2. The highest BCUT2D eigenvalue weighted by molar-refractivity contribution is 6.04. The van der Waals surface area contributed by atoms with E-state index in [4.69, 9.17) is 4.84 Å². The lowest BCUT2D eigenvalue weighted by Crippen LogP contribution is -2.52. The summed E-state index contributed by atoms with van der Waals surface area (Å²) in [5.41, 5.74) is 3.43. The molecule has 24 heavy (non-hydrogen) atoms. The van der Waals surface area contributed by atoms with Gasteiger partial charge >= 0.3 is 0 Å². The molecule has 0 saturated carbocycles. The summed E-state index contributed by atoms with van der Waals surface area (Å²) in [5.74, 6) is 0.850. The summed E-state index contributed by atoms with van der Waals surface area (Å²) in [4.78, 5) is 8.34. The molecule has 3 aliphatic rings. The molecular weight excluding hydrogens is 296 g/mol. The maximum atomic E-state index is 5.76. The maximum Gasteiger partial charge on any atom is 0.142 e. The van der Waals surface area contributed by atoms with Crippen LogP contribution in [0.3, 0.4) is 0 Å². The molecule has 3 aliphatic heterocycles. The van der Waals surface area contributed by atoms with Gasteiger partial charge in [0.25, 0.3) is 0 Å². The standard InChI is InChI=1S/C21H24N2O/c1-3-7-18(8-4-1)16-24-22-21(19-9-5-2-6-10-19)20-15-17-11-13-23(20)14-12-17/h1-10,17,20H,11-16H2. The Kier molecular flexibility index (Phi) is 4.61. The molecule has 1 atom stereocenters. The molecule has 2 aromatic rings. The van der Waals surface area contributed by atoms with E-state index >= 15 is 0 Å². The summed E-state index contributed by atoms with van der Waals surface area (Å²) < 4.78 is 0. The second-order valence-corrected chi connectivity index (χ2v) is 6.83. The summed E-state index contributed by atoms with van der Waals surface area (Å²) in [6.45, 7) is 2.91. The van der Waals surface area contributed by atoms with Gasteiger partial charge in [-0.3, -0.25) is 4.90 Å². The summed E-state index contributed by atoms with van der Waals surface area (Å²) in [5, 5.41) is 4.61. The molecule has 124 valence electrons. The van der Waals surface area contributed by atoms with Crippen LogP contribution in [0.15, 0.2) is 65.8 Å². The first-order valence-corrected chi connectivity index (χ1v) is 8.93. The molecule has 1 unspecified atom stereocenters. The van der Waals surface area contributed by atoms with Gasteiger partial charge in [-0.1, -0.05) is 65.8 Å². The van der Waals surface area contributed by atoms with Crippen molar-refractivity contribution in [1.82, 2.24) is 4.90 Å². The Labute approximate surface area is 143 Å². The van der Waals surface area contributed by atoms with Crippen LogP contribution in [0, 0.1) is 5.92 Å². The zero-order chi connectivity index (χ0) is 16.2. The number of nitrogens with zero attached hydrogens (tertiary/aromatic N) is 2. The van der Waals surface area contributed by atoms with E-state index in [0.29, 0.717) is 12.6 Å². The van der Waals surface area contributed by atoms with Gasteiger partial charge in [0.15, 0.2) is 0 Å². The number of fused-ring (bicyclic) bond motifs is 3. The van der Waals surface area contributed by atoms with Crippen molar-refractivity contribution in [3.63, 3.8) is 0 Å². The van der Waals surface area contributed by atoms with Crippen LogP contribution in [-0.4, -0.2) is 29.7 Å². The van der Waals surface area contributed by atoms with Crippen molar-refractivity contribution in [2.75, 3.05) is 13.1 Å². The fourth-order valence-electron chi connectivity index (χ4n) is 3.92. The summed E-state index contributed by atoms with van der Waals surface area (Å²) >= 11 is 0. The molecule has 3 fully saturated rings. The highest BCUT2D eigenvalue weighted by Crippen LogP contribution is 2.33. The van der Waals surface area contributed by atoms with Crippen molar-refractivity contribution in [3.05, 3.63) is 71.8 Å². The van der Waals surface area contributed by atoms with Gasteiger partial charge in [-0.15, -0.1) is 0 Å². The topological polar surface area (TPSA) is 24.8 Å². The Hall–Kier alpha value is -2.13. The predicted molar refractivity (Wildman–Crippen MR) is 96.9 cm³/mol. The van der Waals surface area contributed by atoms with Crippen molar-refractivity contribution in [3.8, 4) is 0 Å². The largest absolute Gasteiger partial charge is 0.391 e. The van der Waals surface area contributed by atoms with E-state index < -0.39 is 0 Å². The van der Waals surface area contributed by atoms with Crippen molar-refractivity contribution in [2.45, 2.75) is 31.9 Å². The first-order chi connectivity index (χ1) is 11.9. The Balaban J connectivity index is 1.55. The summed E-state index contributed by atoms with van der Waals surface area (Å²) in [6, 6.07) is 21.1. The smallest absolute Gasteiger partial charge is 0.142 e. The quantitative estimate of drug-likeness (QED) is 0.612. The lowest BCUT2D eigenvalue weighted by Gasteiger charge is -2.45. The Morgan fingerprint density at radius 3 is 2.25 bits per heavy atom. The lowest BCUT2D eigenvalue weighted by molar-refractivity contribution is 0.0762. The number of oxime groups is 1.